The number of nitrogens with zero attached hydrogens (tertiary/aromatic N) is 1. The average molecular weight is 377 g/mol. The fourth-order valence-corrected chi connectivity index (χ4v) is 4.23. The molecule has 2 aromatic rings. The molecular weight excluding hydrogens is 358 g/mol. The largest absolute Gasteiger partial charge is 0.493 e. The van der Waals surface area contributed by atoms with E-state index in [1.54, 1.807) is 18.2 Å². The summed E-state index contributed by atoms with van der Waals surface area (Å²) in [5.41, 5.74) is 0.764. The number of hydrogen-bond acceptors (Lipinski definition) is 6. The zero-order valence-electron chi connectivity index (χ0n) is 14.7. The summed E-state index contributed by atoms with van der Waals surface area (Å²) in [5, 5.41) is 0. The Labute approximate surface area is 152 Å². The van der Waals surface area contributed by atoms with Crippen LogP contribution in [-0.2, 0) is 10.0 Å². The van der Waals surface area contributed by atoms with Crippen molar-refractivity contribution >= 4 is 21.5 Å². The third kappa shape index (κ3) is 3.08. The summed E-state index contributed by atoms with van der Waals surface area (Å²) in [4.78, 5) is 11.7. The molecule has 0 atom stereocenters. The van der Waals surface area contributed by atoms with Crippen molar-refractivity contribution < 1.29 is 27.4 Å². The van der Waals surface area contributed by atoms with Gasteiger partial charge in [-0.25, -0.2) is 8.42 Å². The van der Waals surface area contributed by atoms with Gasteiger partial charge in [0.1, 0.15) is 12.4 Å². The molecule has 138 valence electrons. The predicted octanol–water partition coefficient (Wildman–Crippen LogP) is 2.49. The van der Waals surface area contributed by atoms with Crippen LogP contribution in [-0.4, -0.2) is 41.6 Å². The molecule has 0 radical (unpaired) electrons. The maximum atomic E-state index is 13.2. The topological polar surface area (TPSA) is 82.1 Å². The third-order valence-electron chi connectivity index (χ3n) is 4.13. The van der Waals surface area contributed by atoms with E-state index < -0.39 is 10.0 Å². The number of methoxy groups -OCH3 is 2. The van der Waals surface area contributed by atoms with Gasteiger partial charge in [-0.2, -0.15) is 0 Å². The Hall–Kier alpha value is -2.74. The number of hydrogen-bond donors (Lipinski definition) is 0. The van der Waals surface area contributed by atoms with Crippen LogP contribution < -0.4 is 18.5 Å². The summed E-state index contributed by atoms with van der Waals surface area (Å²) in [6.45, 7) is 1.79. The molecule has 0 bridgehead atoms. The highest BCUT2D eigenvalue weighted by Crippen LogP contribution is 2.38. The second kappa shape index (κ2) is 6.87. The number of benzene rings is 2. The van der Waals surface area contributed by atoms with Gasteiger partial charge in [-0.1, -0.05) is 0 Å². The van der Waals surface area contributed by atoms with Crippen LogP contribution in [0.4, 0.5) is 5.69 Å². The number of rotatable bonds is 5. The second-order valence-corrected chi connectivity index (χ2v) is 7.54. The van der Waals surface area contributed by atoms with Gasteiger partial charge >= 0.3 is 0 Å². The number of carbonyl (C=O) groups is 1. The molecular formula is C18H19NO6S. The quantitative estimate of drug-likeness (QED) is 0.745. The molecule has 7 nitrogen and oxygen atoms in total. The van der Waals surface area contributed by atoms with Crippen molar-refractivity contribution in [2.45, 2.75) is 11.8 Å². The minimum absolute atomic E-state index is 0.0660. The highest BCUT2D eigenvalue weighted by atomic mass is 32.2. The third-order valence-corrected chi connectivity index (χ3v) is 5.94. The first-order valence-corrected chi connectivity index (χ1v) is 9.35. The highest BCUT2D eigenvalue weighted by molar-refractivity contribution is 7.92. The lowest BCUT2D eigenvalue weighted by atomic mass is 10.1. The molecule has 8 heteroatoms. The van der Waals surface area contributed by atoms with E-state index in [9.17, 15) is 13.2 Å². The van der Waals surface area contributed by atoms with E-state index >= 15 is 0 Å². The molecule has 2 aromatic carbocycles. The lowest BCUT2D eigenvalue weighted by molar-refractivity contribution is 0.101. The number of fused-ring (bicyclic) bond motifs is 1. The molecule has 0 spiro atoms. The number of carbonyl (C=O) groups excluding carboxylic acids is 1. The molecule has 0 saturated heterocycles. The average Bonchev–Trinajstić information content (AvgIpc) is 2.66. The van der Waals surface area contributed by atoms with Crippen molar-refractivity contribution in [1.29, 1.82) is 0 Å². The highest BCUT2D eigenvalue weighted by Gasteiger charge is 2.31. The summed E-state index contributed by atoms with van der Waals surface area (Å²) < 4.78 is 43.5. The van der Waals surface area contributed by atoms with Crippen molar-refractivity contribution in [2.75, 3.05) is 31.7 Å². The van der Waals surface area contributed by atoms with Crippen molar-refractivity contribution in [3.05, 3.63) is 42.0 Å². The van der Waals surface area contributed by atoms with Crippen molar-refractivity contribution in [3.8, 4) is 17.2 Å². The normalized spacial score (nSPS) is 13.6. The fourth-order valence-electron chi connectivity index (χ4n) is 2.77. The maximum absolute atomic E-state index is 13.2. The van der Waals surface area contributed by atoms with Crippen molar-refractivity contribution in [2.24, 2.45) is 0 Å². The summed E-state index contributed by atoms with van der Waals surface area (Å²) >= 11 is 0. The standard InChI is InChI=1S/C18H19NO6S/c1-12(20)13-4-6-16-15(10-13)19(8-9-25-16)26(21,22)14-5-7-17(23-2)18(11-14)24-3/h4-7,10-11H,8-9H2,1-3H3. The minimum atomic E-state index is -3.87. The van der Waals surface area contributed by atoms with Gasteiger partial charge in [-0.3, -0.25) is 9.10 Å². The van der Waals surface area contributed by atoms with Gasteiger partial charge in [0.05, 0.1) is 31.3 Å². The molecule has 0 aliphatic carbocycles. The van der Waals surface area contributed by atoms with E-state index in [1.807, 2.05) is 0 Å². The molecule has 3 rings (SSSR count). The van der Waals surface area contributed by atoms with E-state index in [4.69, 9.17) is 14.2 Å². The van der Waals surface area contributed by atoms with E-state index in [0.29, 0.717) is 28.5 Å². The van der Waals surface area contributed by atoms with Gasteiger partial charge in [-0.15, -0.1) is 0 Å². The van der Waals surface area contributed by atoms with Gasteiger partial charge in [0, 0.05) is 11.6 Å². The number of ether oxygens (including phenoxy) is 3. The van der Waals surface area contributed by atoms with Crippen LogP contribution in [0.15, 0.2) is 41.3 Å². The number of sulfonamides is 1. The van der Waals surface area contributed by atoms with E-state index in [2.05, 4.69) is 0 Å². The Morgan fingerprint density at radius 2 is 1.81 bits per heavy atom. The first-order chi connectivity index (χ1) is 12.4. The lowest BCUT2D eigenvalue weighted by Crippen LogP contribution is -2.38. The van der Waals surface area contributed by atoms with Gasteiger partial charge in [0.15, 0.2) is 17.3 Å². The van der Waals surface area contributed by atoms with Gasteiger partial charge in [-0.05, 0) is 37.3 Å². The Morgan fingerprint density at radius 1 is 1.08 bits per heavy atom. The number of Topliss-reactive ketones (excluding diaryl/α,β-unsaturated/α-hetero) is 1. The smallest absolute Gasteiger partial charge is 0.264 e. The Balaban J connectivity index is 2.09. The van der Waals surface area contributed by atoms with Crippen LogP contribution in [0, 0.1) is 0 Å². The maximum Gasteiger partial charge on any atom is 0.264 e. The van der Waals surface area contributed by atoms with Crippen molar-refractivity contribution in [1.82, 2.24) is 0 Å². The first kappa shape index (κ1) is 18.1. The van der Waals surface area contributed by atoms with Crippen LogP contribution in [0.3, 0.4) is 0 Å². The minimum Gasteiger partial charge on any atom is -0.493 e. The van der Waals surface area contributed by atoms with E-state index in [0.717, 1.165) is 0 Å². The molecule has 1 aliphatic rings. The van der Waals surface area contributed by atoms with Gasteiger partial charge in [0.25, 0.3) is 10.0 Å². The first-order valence-electron chi connectivity index (χ1n) is 7.91. The van der Waals surface area contributed by atoms with E-state index in [1.165, 1.54) is 43.6 Å². The monoisotopic (exact) mass is 377 g/mol. The Bertz CT molecular complexity index is 954. The molecule has 0 aromatic heterocycles. The predicted molar refractivity (Wildman–Crippen MR) is 96.0 cm³/mol. The summed E-state index contributed by atoms with van der Waals surface area (Å²) in [6.07, 6.45) is 0. The SMILES string of the molecule is COc1ccc(S(=O)(=O)N2CCOc3ccc(C(C)=O)cc32)cc1OC. The van der Waals surface area contributed by atoms with Crippen LogP contribution in [0.2, 0.25) is 0 Å². The summed E-state index contributed by atoms with van der Waals surface area (Å²) in [7, 11) is -0.947. The molecule has 1 aliphatic heterocycles. The lowest BCUT2D eigenvalue weighted by Gasteiger charge is -2.30. The molecule has 0 saturated carbocycles. The zero-order valence-corrected chi connectivity index (χ0v) is 15.5. The van der Waals surface area contributed by atoms with E-state index in [-0.39, 0.29) is 23.8 Å². The molecule has 0 fully saturated rings. The van der Waals surface area contributed by atoms with Gasteiger partial charge in [0.2, 0.25) is 0 Å². The van der Waals surface area contributed by atoms with Crippen LogP contribution in [0.5, 0.6) is 17.2 Å². The fraction of sp³-hybridized carbons (Fsp3) is 0.278. The number of ketones is 1. The van der Waals surface area contributed by atoms with Crippen LogP contribution in [0.25, 0.3) is 0 Å². The van der Waals surface area contributed by atoms with Crippen LogP contribution in [0.1, 0.15) is 17.3 Å². The summed E-state index contributed by atoms with van der Waals surface area (Å²) in [6, 6.07) is 9.18. The molecule has 0 unspecified atom stereocenters. The summed E-state index contributed by atoms with van der Waals surface area (Å²) in [5.74, 6) is 1.03. The van der Waals surface area contributed by atoms with Crippen LogP contribution >= 0.6 is 0 Å². The second-order valence-electron chi connectivity index (χ2n) is 5.68. The Kier molecular flexibility index (Phi) is 4.78. The zero-order chi connectivity index (χ0) is 18.9. The molecule has 0 amide bonds. The van der Waals surface area contributed by atoms with Crippen molar-refractivity contribution in [3.63, 3.8) is 0 Å². The Morgan fingerprint density at radius 3 is 2.46 bits per heavy atom. The number of anilines is 1. The van der Waals surface area contributed by atoms with Gasteiger partial charge < -0.3 is 14.2 Å². The molecule has 26 heavy (non-hydrogen) atoms. The molecule has 1 heterocycles. The molecule has 0 N–H and O–H groups in total.